The molecule has 6 rings (SSSR count). The third kappa shape index (κ3) is 11.5. The van der Waals surface area contributed by atoms with E-state index in [9.17, 15) is 14.7 Å². The number of hydrogen-bond donors (Lipinski definition) is 5. The Labute approximate surface area is 319 Å². The van der Waals surface area contributed by atoms with Crippen molar-refractivity contribution < 1.29 is 14.6 Å². The number of urea groups is 1. The number of anilines is 1. The van der Waals surface area contributed by atoms with Crippen LogP contribution in [0.15, 0.2) is 114 Å². The van der Waals surface area contributed by atoms with Crippen LogP contribution in [0.25, 0.3) is 22.0 Å². The summed E-state index contributed by atoms with van der Waals surface area (Å²) in [6.45, 7) is 4.88. The number of carbonyl (C=O) groups excluding carboxylic acids is 1. The number of benzene rings is 4. The summed E-state index contributed by atoms with van der Waals surface area (Å²) in [5.41, 5.74) is 5.15. The number of ether oxygens (including phenoxy) is 1. The van der Waals surface area contributed by atoms with E-state index < -0.39 is 6.10 Å². The highest BCUT2D eigenvalue weighted by molar-refractivity contribution is 5.94. The minimum absolute atomic E-state index is 0.134. The van der Waals surface area contributed by atoms with Gasteiger partial charge >= 0.3 is 6.03 Å². The molecule has 284 valence electrons. The number of fused-ring (bicyclic) bond motifs is 1. The number of nitrogens with zero attached hydrogens (tertiary/aromatic N) is 1. The zero-order valence-corrected chi connectivity index (χ0v) is 31.3. The van der Waals surface area contributed by atoms with Gasteiger partial charge in [-0.2, -0.15) is 0 Å². The van der Waals surface area contributed by atoms with Crippen molar-refractivity contribution in [3.8, 4) is 16.9 Å². The molecule has 0 aliphatic carbocycles. The fraction of sp³-hybridized carbons (Fsp3) is 0.378. The van der Waals surface area contributed by atoms with Crippen molar-refractivity contribution in [1.29, 1.82) is 0 Å². The van der Waals surface area contributed by atoms with Crippen LogP contribution in [0.5, 0.6) is 5.75 Å². The van der Waals surface area contributed by atoms with Crippen LogP contribution in [0.2, 0.25) is 0 Å². The number of carbonyl (C=O) groups is 1. The maximum Gasteiger partial charge on any atom is 0.319 e. The van der Waals surface area contributed by atoms with Crippen molar-refractivity contribution in [2.75, 3.05) is 38.0 Å². The predicted octanol–water partition coefficient (Wildman–Crippen LogP) is 8.41. The molecule has 9 nitrogen and oxygen atoms in total. The van der Waals surface area contributed by atoms with Crippen molar-refractivity contribution in [2.24, 2.45) is 0 Å². The van der Waals surface area contributed by atoms with Crippen molar-refractivity contribution in [3.05, 3.63) is 131 Å². The van der Waals surface area contributed by atoms with E-state index in [0.29, 0.717) is 24.4 Å². The number of aromatic amines is 1. The Hall–Kier alpha value is -4.96. The lowest BCUT2D eigenvalue weighted by molar-refractivity contribution is 0.176. The van der Waals surface area contributed by atoms with Gasteiger partial charge in [-0.1, -0.05) is 117 Å². The molecule has 2 heterocycles. The molecule has 1 fully saturated rings. The summed E-state index contributed by atoms with van der Waals surface area (Å²) in [6.07, 6.45) is 9.71. The minimum Gasteiger partial charge on any atom is -0.487 e. The summed E-state index contributed by atoms with van der Waals surface area (Å²) < 4.78 is 6.05. The second-order valence-electron chi connectivity index (χ2n) is 14.4. The van der Waals surface area contributed by atoms with Crippen molar-refractivity contribution in [1.82, 2.24) is 20.5 Å². The fourth-order valence-corrected chi connectivity index (χ4v) is 7.32. The predicted molar refractivity (Wildman–Crippen MR) is 219 cm³/mol. The molecule has 1 aromatic heterocycles. The molecule has 0 bridgehead atoms. The Kier molecular flexibility index (Phi) is 14.7. The van der Waals surface area contributed by atoms with E-state index in [0.717, 1.165) is 78.8 Å². The highest BCUT2D eigenvalue weighted by Gasteiger charge is 2.21. The van der Waals surface area contributed by atoms with Gasteiger partial charge in [-0.05, 0) is 73.7 Å². The minimum atomic E-state index is -0.698. The monoisotopic (exact) mass is 729 g/mol. The van der Waals surface area contributed by atoms with Crippen LogP contribution in [0.3, 0.4) is 0 Å². The average Bonchev–Trinajstić information content (AvgIpc) is 3.20. The number of nitrogens with one attached hydrogen (secondary N) is 4. The molecule has 1 aliphatic rings. The maximum atomic E-state index is 12.8. The highest BCUT2D eigenvalue weighted by Crippen LogP contribution is 2.30. The molecule has 0 saturated carbocycles. The van der Waals surface area contributed by atoms with Crippen molar-refractivity contribution >= 4 is 22.6 Å². The first-order valence-corrected chi connectivity index (χ1v) is 19.7. The van der Waals surface area contributed by atoms with Gasteiger partial charge in [0.05, 0.1) is 17.3 Å². The summed E-state index contributed by atoms with van der Waals surface area (Å²) in [6, 6.07) is 35.0. The zero-order valence-electron chi connectivity index (χ0n) is 31.3. The molecular formula is C45H55N5O4. The molecule has 2 amide bonds. The Balaban J connectivity index is 0.797. The summed E-state index contributed by atoms with van der Waals surface area (Å²) >= 11 is 0. The number of para-hydroxylation sites is 1. The second kappa shape index (κ2) is 20.5. The molecule has 54 heavy (non-hydrogen) atoms. The summed E-state index contributed by atoms with van der Waals surface area (Å²) in [4.78, 5) is 30.4. The summed E-state index contributed by atoms with van der Waals surface area (Å²) in [5.74, 6) is 0.591. The Morgan fingerprint density at radius 3 is 2.26 bits per heavy atom. The van der Waals surface area contributed by atoms with Gasteiger partial charge in [-0.25, -0.2) is 4.79 Å². The molecular weight excluding hydrogens is 675 g/mol. The van der Waals surface area contributed by atoms with Gasteiger partial charge in [0.2, 0.25) is 5.56 Å². The zero-order chi connectivity index (χ0) is 37.4. The first-order chi connectivity index (χ1) is 26.5. The van der Waals surface area contributed by atoms with Crippen molar-refractivity contribution in [3.63, 3.8) is 0 Å². The molecule has 1 atom stereocenters. The van der Waals surface area contributed by atoms with E-state index in [1.165, 1.54) is 44.6 Å². The van der Waals surface area contributed by atoms with Crippen LogP contribution < -0.4 is 26.2 Å². The van der Waals surface area contributed by atoms with E-state index in [-0.39, 0.29) is 17.6 Å². The molecule has 1 unspecified atom stereocenters. The SMILES string of the molecule is O=C(Nc1ccccc1-c1ccccc1)NC1CCN(CCCCCCCCCNCC(O)c2ccc(OCc3ccccc3)c3[nH]c(=O)ccc23)CC1. The summed E-state index contributed by atoms with van der Waals surface area (Å²) in [5, 5.41) is 21.5. The Bertz CT molecular complexity index is 1940. The topological polar surface area (TPSA) is 119 Å². The number of hydrogen-bond acceptors (Lipinski definition) is 6. The van der Waals surface area contributed by atoms with Crippen LogP contribution in [0.4, 0.5) is 10.5 Å². The maximum absolute atomic E-state index is 12.8. The molecule has 0 spiro atoms. The number of H-pyrrole nitrogens is 1. The number of aliphatic hydroxyl groups excluding tert-OH is 1. The van der Waals surface area contributed by atoms with Gasteiger partial charge in [-0.15, -0.1) is 0 Å². The van der Waals surface area contributed by atoms with E-state index in [4.69, 9.17) is 4.74 Å². The van der Waals surface area contributed by atoms with E-state index in [1.807, 2.05) is 84.9 Å². The first kappa shape index (κ1) is 38.8. The largest absolute Gasteiger partial charge is 0.487 e. The van der Waals surface area contributed by atoms with Crippen LogP contribution in [-0.4, -0.2) is 59.8 Å². The lowest BCUT2D eigenvalue weighted by Crippen LogP contribution is -2.46. The number of amides is 2. The number of unbranched alkanes of at least 4 members (excludes halogenated alkanes) is 6. The van der Waals surface area contributed by atoms with Gasteiger partial charge in [0, 0.05) is 42.7 Å². The van der Waals surface area contributed by atoms with Gasteiger partial charge in [-0.3, -0.25) is 4.79 Å². The normalized spacial score (nSPS) is 14.2. The third-order valence-corrected chi connectivity index (χ3v) is 10.3. The van der Waals surface area contributed by atoms with Gasteiger partial charge in [0.15, 0.2) is 0 Å². The molecule has 0 radical (unpaired) electrons. The summed E-state index contributed by atoms with van der Waals surface area (Å²) in [7, 11) is 0. The lowest BCUT2D eigenvalue weighted by atomic mass is 10.0. The average molecular weight is 730 g/mol. The molecule has 5 aromatic rings. The van der Waals surface area contributed by atoms with Crippen LogP contribution >= 0.6 is 0 Å². The lowest BCUT2D eigenvalue weighted by Gasteiger charge is -2.32. The Morgan fingerprint density at radius 2 is 1.48 bits per heavy atom. The molecule has 4 aromatic carbocycles. The molecule has 5 N–H and O–H groups in total. The van der Waals surface area contributed by atoms with E-state index in [1.54, 1.807) is 6.07 Å². The molecule has 1 aliphatic heterocycles. The first-order valence-electron chi connectivity index (χ1n) is 19.7. The fourth-order valence-electron chi connectivity index (χ4n) is 7.32. The number of aromatic nitrogens is 1. The van der Waals surface area contributed by atoms with Crippen LogP contribution in [0, 0.1) is 0 Å². The van der Waals surface area contributed by atoms with E-state index >= 15 is 0 Å². The molecule has 1 saturated heterocycles. The van der Waals surface area contributed by atoms with Crippen molar-refractivity contribution in [2.45, 2.75) is 76.5 Å². The number of likely N-dealkylation sites (tertiary alicyclic amines) is 1. The smallest absolute Gasteiger partial charge is 0.319 e. The second-order valence-corrected chi connectivity index (χ2v) is 14.4. The Morgan fingerprint density at radius 1 is 0.796 bits per heavy atom. The van der Waals surface area contributed by atoms with Gasteiger partial charge in [0.1, 0.15) is 12.4 Å². The van der Waals surface area contributed by atoms with Gasteiger partial charge < -0.3 is 35.7 Å². The standard InChI is InChI=1S/C45H55N5O4/c51-41(38-22-24-42(44-39(38)23-25-43(52)49-44)54-33-34-16-8-6-9-17-34)32-46-28-14-4-2-1-3-5-15-29-50-30-26-36(27-31-50)47-45(53)48-40-21-13-12-20-37(40)35-18-10-7-11-19-35/h6-13,16-25,36,41,46,51H,1-5,14-15,26-33H2,(H,49,52)(H2,47,48,53). The van der Waals surface area contributed by atoms with E-state index in [2.05, 4.69) is 38.0 Å². The number of rotatable bonds is 19. The number of aliphatic hydroxyl groups is 1. The number of piperidine rings is 1. The van der Waals surface area contributed by atoms with Gasteiger partial charge in [0.25, 0.3) is 0 Å². The molecule has 9 heteroatoms. The number of pyridine rings is 1. The highest BCUT2D eigenvalue weighted by atomic mass is 16.5. The quantitative estimate of drug-likeness (QED) is 0.0545. The van der Waals surface area contributed by atoms with Crippen LogP contribution in [-0.2, 0) is 6.61 Å². The van der Waals surface area contributed by atoms with Crippen LogP contribution in [0.1, 0.15) is 75.0 Å². The third-order valence-electron chi connectivity index (χ3n) is 10.3.